The second-order valence-corrected chi connectivity index (χ2v) is 8.39. The van der Waals surface area contributed by atoms with Crippen molar-refractivity contribution in [3.05, 3.63) is 97.0 Å². The maximum absolute atomic E-state index is 13.4. The maximum Gasteiger partial charge on any atom is 0.336 e. The summed E-state index contributed by atoms with van der Waals surface area (Å²) in [5.41, 5.74) is 1.38. The molecule has 0 N–H and O–H groups in total. The number of aryl methyl sites for hydroxylation is 1. The molecule has 3 aromatic heterocycles. The Balaban J connectivity index is 1.63. The first-order valence-corrected chi connectivity index (χ1v) is 10.8. The van der Waals surface area contributed by atoms with Crippen molar-refractivity contribution >= 4 is 33.2 Å². The van der Waals surface area contributed by atoms with Crippen LogP contribution in [0, 0.1) is 12.7 Å². The van der Waals surface area contributed by atoms with E-state index in [0.717, 1.165) is 10.1 Å². The van der Waals surface area contributed by atoms with Crippen molar-refractivity contribution < 1.29 is 8.91 Å². The van der Waals surface area contributed by atoms with Gasteiger partial charge in [-0.3, -0.25) is 9.36 Å². The zero-order valence-electron chi connectivity index (χ0n) is 16.6. The minimum absolute atomic E-state index is 0.0415. The van der Waals surface area contributed by atoms with E-state index in [1.807, 2.05) is 19.1 Å². The Hall–Kier alpha value is -3.56. The molecule has 160 valence electrons. The standard InChI is InChI=1S/C22H14ClFN4O3S/c1-12-4-2-3-5-16(12)28-21(29)19-17(8-9-32-19)27(22(28)30)11-18-25-20(26-31-18)13-6-7-15(24)14(23)10-13/h2-10H,11H2,1H3. The summed E-state index contributed by atoms with van der Waals surface area (Å²) in [5, 5.41) is 5.61. The molecule has 3 heterocycles. The lowest BCUT2D eigenvalue weighted by Crippen LogP contribution is -2.39. The van der Waals surface area contributed by atoms with Gasteiger partial charge in [-0.1, -0.05) is 35.0 Å². The van der Waals surface area contributed by atoms with Crippen molar-refractivity contribution in [1.82, 2.24) is 19.3 Å². The number of aromatic nitrogens is 4. The van der Waals surface area contributed by atoms with Gasteiger partial charge in [0.25, 0.3) is 5.56 Å². The van der Waals surface area contributed by atoms with Crippen molar-refractivity contribution in [2.45, 2.75) is 13.5 Å². The van der Waals surface area contributed by atoms with Crippen LogP contribution < -0.4 is 11.2 Å². The van der Waals surface area contributed by atoms with Gasteiger partial charge in [-0.15, -0.1) is 11.3 Å². The van der Waals surface area contributed by atoms with Crippen molar-refractivity contribution in [2.75, 3.05) is 0 Å². The van der Waals surface area contributed by atoms with E-state index in [9.17, 15) is 14.0 Å². The van der Waals surface area contributed by atoms with Crippen molar-refractivity contribution in [3.63, 3.8) is 0 Å². The smallest absolute Gasteiger partial charge is 0.336 e. The monoisotopic (exact) mass is 468 g/mol. The lowest BCUT2D eigenvalue weighted by molar-refractivity contribution is 0.370. The van der Waals surface area contributed by atoms with Gasteiger partial charge >= 0.3 is 5.69 Å². The molecule has 0 aliphatic carbocycles. The Labute approximate surface area is 188 Å². The number of rotatable bonds is 4. The molecule has 7 nitrogen and oxygen atoms in total. The van der Waals surface area contributed by atoms with E-state index in [0.29, 0.717) is 21.5 Å². The minimum Gasteiger partial charge on any atom is -0.337 e. The number of thiophene rings is 1. The van der Waals surface area contributed by atoms with Gasteiger partial charge in [0.05, 0.1) is 16.2 Å². The fourth-order valence-corrected chi connectivity index (χ4v) is 4.48. The summed E-state index contributed by atoms with van der Waals surface area (Å²) in [6.07, 6.45) is 0. The molecule has 0 spiro atoms. The first-order chi connectivity index (χ1) is 15.4. The number of hydrogen-bond donors (Lipinski definition) is 0. The first kappa shape index (κ1) is 20.3. The molecule has 10 heteroatoms. The van der Waals surface area contributed by atoms with E-state index in [4.69, 9.17) is 16.1 Å². The molecule has 0 atom stereocenters. The maximum atomic E-state index is 13.4. The van der Waals surface area contributed by atoms with Gasteiger partial charge in [0.2, 0.25) is 11.7 Å². The van der Waals surface area contributed by atoms with Gasteiger partial charge in [0, 0.05) is 5.56 Å². The SMILES string of the molecule is Cc1ccccc1-n1c(=O)c2sccc2n(Cc2nc(-c3ccc(F)c(Cl)c3)no2)c1=O. The number of para-hydroxylation sites is 1. The second kappa shape index (κ2) is 7.85. The van der Waals surface area contributed by atoms with Gasteiger partial charge in [0.15, 0.2) is 0 Å². The molecular formula is C22H14ClFN4O3S. The highest BCUT2D eigenvalue weighted by molar-refractivity contribution is 7.17. The molecule has 0 aliphatic heterocycles. The molecule has 0 bridgehead atoms. The molecule has 0 radical (unpaired) electrons. The fourth-order valence-electron chi connectivity index (χ4n) is 3.47. The highest BCUT2D eigenvalue weighted by Gasteiger charge is 2.19. The van der Waals surface area contributed by atoms with Gasteiger partial charge in [-0.2, -0.15) is 4.98 Å². The third-order valence-electron chi connectivity index (χ3n) is 5.05. The van der Waals surface area contributed by atoms with Crippen LogP contribution in [0.4, 0.5) is 4.39 Å². The molecule has 0 saturated heterocycles. The molecule has 0 saturated carbocycles. The molecule has 0 amide bonds. The lowest BCUT2D eigenvalue weighted by Gasteiger charge is -2.12. The molecule has 2 aromatic carbocycles. The van der Waals surface area contributed by atoms with Crippen molar-refractivity contribution in [2.24, 2.45) is 0 Å². The molecule has 0 unspecified atom stereocenters. The highest BCUT2D eigenvalue weighted by Crippen LogP contribution is 2.23. The summed E-state index contributed by atoms with van der Waals surface area (Å²) < 4.78 is 21.8. The Morgan fingerprint density at radius 2 is 1.97 bits per heavy atom. The van der Waals surface area contributed by atoms with Crippen LogP contribution >= 0.6 is 22.9 Å². The number of hydrogen-bond acceptors (Lipinski definition) is 6. The van der Waals surface area contributed by atoms with Gasteiger partial charge in [0.1, 0.15) is 17.1 Å². The van der Waals surface area contributed by atoms with Crippen LogP contribution in [-0.2, 0) is 6.54 Å². The van der Waals surface area contributed by atoms with E-state index in [1.54, 1.807) is 23.6 Å². The van der Waals surface area contributed by atoms with Crippen LogP contribution in [0.2, 0.25) is 5.02 Å². The van der Waals surface area contributed by atoms with Gasteiger partial charge < -0.3 is 4.52 Å². The Morgan fingerprint density at radius 3 is 2.75 bits per heavy atom. The Bertz CT molecular complexity index is 1600. The number of fused-ring (bicyclic) bond motifs is 1. The third kappa shape index (κ3) is 3.35. The van der Waals surface area contributed by atoms with Crippen LogP contribution in [0.5, 0.6) is 0 Å². The zero-order chi connectivity index (χ0) is 22.4. The third-order valence-corrected chi connectivity index (χ3v) is 6.23. The fraction of sp³-hybridized carbons (Fsp3) is 0.0909. The van der Waals surface area contributed by atoms with E-state index in [1.165, 1.54) is 34.1 Å². The Morgan fingerprint density at radius 1 is 1.16 bits per heavy atom. The van der Waals surface area contributed by atoms with Crippen molar-refractivity contribution in [1.29, 1.82) is 0 Å². The molecular weight excluding hydrogens is 455 g/mol. The lowest BCUT2D eigenvalue weighted by atomic mass is 10.2. The summed E-state index contributed by atoms with van der Waals surface area (Å²) >= 11 is 7.10. The summed E-state index contributed by atoms with van der Waals surface area (Å²) in [7, 11) is 0. The predicted molar refractivity (Wildman–Crippen MR) is 120 cm³/mol. The first-order valence-electron chi connectivity index (χ1n) is 9.51. The van der Waals surface area contributed by atoms with Crippen LogP contribution in [0.1, 0.15) is 11.5 Å². The van der Waals surface area contributed by atoms with E-state index < -0.39 is 11.5 Å². The van der Waals surface area contributed by atoms with Crippen LogP contribution in [0.15, 0.2) is 68.0 Å². The van der Waals surface area contributed by atoms with Gasteiger partial charge in [-0.25, -0.2) is 13.8 Å². The van der Waals surface area contributed by atoms with Crippen LogP contribution in [-0.4, -0.2) is 19.3 Å². The summed E-state index contributed by atoms with van der Waals surface area (Å²) in [6.45, 7) is 1.79. The topological polar surface area (TPSA) is 82.9 Å². The summed E-state index contributed by atoms with van der Waals surface area (Å²) in [6, 6.07) is 13.0. The Kier molecular flexibility index (Phi) is 4.99. The van der Waals surface area contributed by atoms with Crippen molar-refractivity contribution in [3.8, 4) is 17.1 Å². The normalized spacial score (nSPS) is 11.3. The summed E-state index contributed by atoms with van der Waals surface area (Å²) in [5.74, 6) is -0.183. The summed E-state index contributed by atoms with van der Waals surface area (Å²) in [4.78, 5) is 30.8. The second-order valence-electron chi connectivity index (χ2n) is 7.07. The average Bonchev–Trinajstić information content (AvgIpc) is 3.44. The van der Waals surface area contributed by atoms with E-state index in [-0.39, 0.29) is 28.8 Å². The van der Waals surface area contributed by atoms with Crippen LogP contribution in [0.25, 0.3) is 27.3 Å². The molecule has 0 fully saturated rings. The quantitative estimate of drug-likeness (QED) is 0.390. The van der Waals surface area contributed by atoms with Gasteiger partial charge in [-0.05, 0) is 48.2 Å². The number of nitrogens with zero attached hydrogens (tertiary/aromatic N) is 4. The zero-order valence-corrected chi connectivity index (χ0v) is 18.2. The number of halogens is 2. The van der Waals surface area contributed by atoms with E-state index in [2.05, 4.69) is 10.1 Å². The van der Waals surface area contributed by atoms with E-state index >= 15 is 0 Å². The molecule has 32 heavy (non-hydrogen) atoms. The highest BCUT2D eigenvalue weighted by atomic mass is 35.5. The minimum atomic E-state index is -0.552. The molecule has 5 aromatic rings. The van der Waals surface area contributed by atoms with Crippen LogP contribution in [0.3, 0.4) is 0 Å². The number of benzene rings is 2. The molecule has 5 rings (SSSR count). The average molecular weight is 469 g/mol. The predicted octanol–water partition coefficient (Wildman–Crippen LogP) is 4.41. The molecule has 0 aliphatic rings. The largest absolute Gasteiger partial charge is 0.337 e.